The molecule has 1 aromatic rings. The lowest BCUT2D eigenvalue weighted by Gasteiger charge is -2.05. The summed E-state index contributed by atoms with van der Waals surface area (Å²) in [5.74, 6) is 0. The zero-order valence-corrected chi connectivity index (χ0v) is 9.39. The van der Waals surface area contributed by atoms with Gasteiger partial charge in [0.25, 0.3) is 10.9 Å². The fraction of sp³-hybridized carbons (Fsp3) is 0.250. The summed E-state index contributed by atoms with van der Waals surface area (Å²) in [6.45, 7) is 2.85. The van der Waals surface area contributed by atoms with Gasteiger partial charge in [-0.15, -0.1) is 0 Å². The molecular formula is C8H6Cl2N2O3. The molecule has 80 valence electrons. The van der Waals surface area contributed by atoms with Crippen LogP contribution in [0.25, 0.3) is 0 Å². The molecule has 0 saturated heterocycles. The van der Waals surface area contributed by atoms with E-state index in [-0.39, 0.29) is 27.7 Å². The van der Waals surface area contributed by atoms with Gasteiger partial charge in [-0.2, -0.15) is 0 Å². The number of halogens is 2. The zero-order chi connectivity index (χ0) is 11.7. The van der Waals surface area contributed by atoms with Crippen LogP contribution in [0.3, 0.4) is 0 Å². The smallest absolute Gasteiger partial charge is 0.275 e. The molecule has 0 aliphatic heterocycles. The van der Waals surface area contributed by atoms with Crippen LogP contribution < -0.4 is 0 Å². The minimum atomic E-state index is -0.854. The highest BCUT2D eigenvalue weighted by Gasteiger charge is 2.24. The average Bonchev–Trinajstić information content (AvgIpc) is 1.99. The maximum absolute atomic E-state index is 11.0. The van der Waals surface area contributed by atoms with Crippen LogP contribution in [-0.2, 0) is 0 Å². The standard InChI is InChI=1S/C8H6Cl2N2O3/c1-3-5(8(10)13)7(9)11-4(2)6(3)12(14)15/h1-2H3. The first-order valence-corrected chi connectivity index (χ1v) is 4.62. The van der Waals surface area contributed by atoms with Gasteiger partial charge in [-0.1, -0.05) is 11.6 Å². The van der Waals surface area contributed by atoms with Gasteiger partial charge in [0, 0.05) is 5.56 Å². The lowest BCUT2D eigenvalue weighted by atomic mass is 10.1. The van der Waals surface area contributed by atoms with Gasteiger partial charge in [0.15, 0.2) is 0 Å². The fourth-order valence-corrected chi connectivity index (χ4v) is 1.93. The second-order valence-corrected chi connectivity index (χ2v) is 3.57. The maximum Gasteiger partial charge on any atom is 0.294 e. The van der Waals surface area contributed by atoms with Crippen LogP contribution in [0.15, 0.2) is 0 Å². The molecular weight excluding hydrogens is 243 g/mol. The molecule has 0 aliphatic carbocycles. The van der Waals surface area contributed by atoms with Gasteiger partial charge in [0.05, 0.1) is 10.5 Å². The number of nitro groups is 1. The summed E-state index contributed by atoms with van der Waals surface area (Å²) in [7, 11) is 0. The second kappa shape index (κ2) is 4.12. The third-order valence-electron chi connectivity index (χ3n) is 1.92. The van der Waals surface area contributed by atoms with Crippen LogP contribution in [-0.4, -0.2) is 15.1 Å². The van der Waals surface area contributed by atoms with Crippen molar-refractivity contribution in [2.45, 2.75) is 13.8 Å². The van der Waals surface area contributed by atoms with E-state index in [1.165, 1.54) is 13.8 Å². The Morgan fingerprint density at radius 1 is 1.47 bits per heavy atom. The SMILES string of the molecule is Cc1nc(Cl)c(C(=O)Cl)c(C)c1[N+](=O)[O-]. The Morgan fingerprint density at radius 3 is 2.40 bits per heavy atom. The summed E-state index contributed by atoms with van der Waals surface area (Å²) in [5, 5.41) is 9.73. The van der Waals surface area contributed by atoms with E-state index in [1.54, 1.807) is 0 Å². The van der Waals surface area contributed by atoms with Gasteiger partial charge in [-0.3, -0.25) is 14.9 Å². The number of pyridine rings is 1. The van der Waals surface area contributed by atoms with Crippen molar-refractivity contribution in [3.63, 3.8) is 0 Å². The van der Waals surface area contributed by atoms with Crippen molar-refractivity contribution in [2.75, 3.05) is 0 Å². The summed E-state index contributed by atoms with van der Waals surface area (Å²) < 4.78 is 0. The Kier molecular flexibility index (Phi) is 3.26. The molecule has 1 rings (SSSR count). The molecule has 5 nitrogen and oxygen atoms in total. The van der Waals surface area contributed by atoms with Gasteiger partial charge in [0.1, 0.15) is 10.8 Å². The lowest BCUT2D eigenvalue weighted by Crippen LogP contribution is -2.05. The van der Waals surface area contributed by atoms with Crippen molar-refractivity contribution >= 4 is 34.1 Å². The van der Waals surface area contributed by atoms with E-state index in [0.29, 0.717) is 0 Å². The molecule has 0 amide bonds. The van der Waals surface area contributed by atoms with Gasteiger partial charge in [-0.05, 0) is 25.4 Å². The minimum Gasteiger partial charge on any atom is -0.275 e. The van der Waals surface area contributed by atoms with E-state index in [9.17, 15) is 14.9 Å². The number of aromatic nitrogens is 1. The molecule has 1 aromatic heterocycles. The van der Waals surface area contributed by atoms with E-state index < -0.39 is 10.2 Å². The van der Waals surface area contributed by atoms with E-state index in [0.717, 1.165) is 0 Å². The molecule has 7 heteroatoms. The molecule has 0 atom stereocenters. The van der Waals surface area contributed by atoms with Crippen LogP contribution in [0.1, 0.15) is 21.6 Å². The van der Waals surface area contributed by atoms with Gasteiger partial charge in [0.2, 0.25) is 0 Å². The first-order chi connectivity index (χ1) is 6.86. The van der Waals surface area contributed by atoms with Crippen molar-refractivity contribution in [1.82, 2.24) is 4.98 Å². The second-order valence-electron chi connectivity index (χ2n) is 2.87. The van der Waals surface area contributed by atoms with Crippen molar-refractivity contribution in [3.8, 4) is 0 Å². The predicted octanol–water partition coefficient (Wildman–Crippen LogP) is 2.64. The number of carbonyl (C=O) groups excluding carboxylic acids is 1. The molecule has 0 spiro atoms. The van der Waals surface area contributed by atoms with Crippen molar-refractivity contribution < 1.29 is 9.72 Å². The molecule has 0 fully saturated rings. The summed E-state index contributed by atoms with van der Waals surface area (Å²) >= 11 is 10.9. The highest BCUT2D eigenvalue weighted by molar-refractivity contribution is 6.69. The van der Waals surface area contributed by atoms with Crippen LogP contribution in [0, 0.1) is 24.0 Å². The van der Waals surface area contributed by atoms with Gasteiger partial charge < -0.3 is 0 Å². The normalized spacial score (nSPS) is 10.1. The van der Waals surface area contributed by atoms with Crippen LogP contribution in [0.5, 0.6) is 0 Å². The Hall–Kier alpha value is -1.20. The minimum absolute atomic E-state index is 0.115. The van der Waals surface area contributed by atoms with Crippen molar-refractivity contribution in [1.29, 1.82) is 0 Å². The summed E-state index contributed by atoms with van der Waals surface area (Å²) in [5.41, 5.74) is -0.0549. The van der Waals surface area contributed by atoms with Gasteiger partial charge >= 0.3 is 0 Å². The molecule has 0 aromatic carbocycles. The van der Waals surface area contributed by atoms with Crippen molar-refractivity contribution in [2.24, 2.45) is 0 Å². The van der Waals surface area contributed by atoms with Crippen molar-refractivity contribution in [3.05, 3.63) is 32.1 Å². The Labute approximate surface area is 95.2 Å². The van der Waals surface area contributed by atoms with Crippen LogP contribution in [0.2, 0.25) is 5.15 Å². The molecule has 0 radical (unpaired) electrons. The maximum atomic E-state index is 11.0. The molecule has 0 unspecified atom stereocenters. The molecule has 0 bridgehead atoms. The summed E-state index contributed by atoms with van der Waals surface area (Å²) in [4.78, 5) is 24.8. The summed E-state index contributed by atoms with van der Waals surface area (Å²) in [6, 6.07) is 0. The Balaban J connectivity index is 3.64. The fourth-order valence-electron chi connectivity index (χ4n) is 1.30. The Bertz CT molecular complexity index is 421. The number of rotatable bonds is 2. The molecule has 0 aliphatic rings. The van der Waals surface area contributed by atoms with Crippen LogP contribution in [0.4, 0.5) is 5.69 Å². The summed E-state index contributed by atoms with van der Waals surface area (Å²) in [6.07, 6.45) is 0. The third kappa shape index (κ3) is 2.08. The lowest BCUT2D eigenvalue weighted by molar-refractivity contribution is -0.386. The van der Waals surface area contributed by atoms with E-state index >= 15 is 0 Å². The quantitative estimate of drug-likeness (QED) is 0.349. The highest BCUT2D eigenvalue weighted by Crippen LogP contribution is 2.29. The first kappa shape index (κ1) is 11.9. The zero-order valence-electron chi connectivity index (χ0n) is 7.88. The highest BCUT2D eigenvalue weighted by atomic mass is 35.5. The van der Waals surface area contributed by atoms with E-state index in [2.05, 4.69) is 4.98 Å². The average molecular weight is 249 g/mol. The number of carbonyl (C=O) groups is 1. The molecule has 15 heavy (non-hydrogen) atoms. The largest absolute Gasteiger partial charge is 0.294 e. The number of aryl methyl sites for hydroxylation is 1. The number of hydrogen-bond donors (Lipinski definition) is 0. The van der Waals surface area contributed by atoms with Crippen LogP contribution >= 0.6 is 23.2 Å². The Morgan fingerprint density at radius 2 is 2.00 bits per heavy atom. The van der Waals surface area contributed by atoms with Gasteiger partial charge in [-0.25, -0.2) is 4.98 Å². The monoisotopic (exact) mass is 248 g/mol. The number of nitrogens with zero attached hydrogens (tertiary/aromatic N) is 2. The number of hydrogen-bond acceptors (Lipinski definition) is 4. The molecule has 1 heterocycles. The molecule has 0 N–H and O–H groups in total. The topological polar surface area (TPSA) is 73.1 Å². The first-order valence-electron chi connectivity index (χ1n) is 3.87. The van der Waals surface area contributed by atoms with E-state index in [4.69, 9.17) is 23.2 Å². The van der Waals surface area contributed by atoms with E-state index in [1.807, 2.05) is 0 Å². The molecule has 0 saturated carbocycles. The third-order valence-corrected chi connectivity index (χ3v) is 2.39. The predicted molar refractivity (Wildman–Crippen MR) is 55.6 cm³/mol.